The third-order valence-corrected chi connectivity index (χ3v) is 4.10. The summed E-state index contributed by atoms with van der Waals surface area (Å²) in [6, 6.07) is 7.28. The van der Waals surface area contributed by atoms with Crippen molar-refractivity contribution in [2.45, 2.75) is 20.8 Å². The normalized spacial score (nSPS) is 11.3. The molecule has 108 valence electrons. The molecule has 0 saturated heterocycles. The van der Waals surface area contributed by atoms with Crippen LogP contribution in [0.2, 0.25) is 0 Å². The van der Waals surface area contributed by atoms with E-state index in [-0.39, 0.29) is 5.82 Å². The number of nitrogen functional groups attached to an aromatic ring is 1. The Kier molecular flexibility index (Phi) is 3.24. The molecule has 2 aromatic carbocycles. The van der Waals surface area contributed by atoms with Gasteiger partial charge < -0.3 is 5.73 Å². The van der Waals surface area contributed by atoms with Gasteiger partial charge in [-0.1, -0.05) is 15.9 Å². The van der Waals surface area contributed by atoms with Crippen LogP contribution in [0.5, 0.6) is 0 Å². The Bertz CT molecular complexity index is 845. The van der Waals surface area contributed by atoms with Gasteiger partial charge in [0.1, 0.15) is 5.82 Å². The van der Waals surface area contributed by atoms with Crippen molar-refractivity contribution >= 4 is 32.9 Å². The molecule has 0 saturated carbocycles. The van der Waals surface area contributed by atoms with Gasteiger partial charge in [0.2, 0.25) is 5.95 Å². The molecule has 1 aromatic heterocycles. The number of aryl methyl sites for hydroxylation is 3. The number of benzene rings is 2. The molecule has 3 aromatic rings. The maximum Gasteiger partial charge on any atom is 0.205 e. The summed E-state index contributed by atoms with van der Waals surface area (Å²) >= 11 is 3.49. The van der Waals surface area contributed by atoms with Crippen LogP contribution < -0.4 is 5.73 Å². The molecule has 21 heavy (non-hydrogen) atoms. The number of nitrogens with zero attached hydrogens (tertiary/aromatic N) is 2. The minimum Gasteiger partial charge on any atom is -0.369 e. The predicted octanol–water partition coefficient (Wildman–Crippen LogP) is 4.43. The lowest BCUT2D eigenvalue weighted by Crippen LogP contribution is -2.05. The number of nitrogens with two attached hydrogens (primary N) is 1. The van der Waals surface area contributed by atoms with Gasteiger partial charge in [-0.15, -0.1) is 0 Å². The van der Waals surface area contributed by atoms with E-state index >= 15 is 0 Å². The highest BCUT2D eigenvalue weighted by molar-refractivity contribution is 9.10. The standard InChI is InChI=1S/C16H15BrFN3/c1-8-6-14-13(7-12(8)18)20-16(19)21(14)15-9(2)4-11(17)5-10(15)3/h4-7H,1-3H3,(H2,19,20). The Labute approximate surface area is 130 Å². The van der Waals surface area contributed by atoms with Crippen LogP contribution in [0, 0.1) is 26.6 Å². The van der Waals surface area contributed by atoms with Gasteiger partial charge in [-0.3, -0.25) is 4.57 Å². The smallest absolute Gasteiger partial charge is 0.205 e. The number of imidazole rings is 1. The second kappa shape index (κ2) is 4.84. The van der Waals surface area contributed by atoms with Crippen LogP contribution in [-0.4, -0.2) is 9.55 Å². The molecule has 0 unspecified atom stereocenters. The number of anilines is 1. The third kappa shape index (κ3) is 2.21. The van der Waals surface area contributed by atoms with Crippen LogP contribution >= 0.6 is 15.9 Å². The van der Waals surface area contributed by atoms with Crippen LogP contribution in [0.25, 0.3) is 16.7 Å². The van der Waals surface area contributed by atoms with Gasteiger partial charge >= 0.3 is 0 Å². The van der Waals surface area contributed by atoms with Gasteiger partial charge in [0, 0.05) is 10.5 Å². The molecule has 0 spiro atoms. The van der Waals surface area contributed by atoms with E-state index < -0.39 is 0 Å². The molecule has 3 rings (SSSR count). The molecular formula is C16H15BrFN3. The monoisotopic (exact) mass is 347 g/mol. The average Bonchev–Trinajstić information content (AvgIpc) is 2.66. The maximum absolute atomic E-state index is 13.7. The molecule has 0 aliphatic heterocycles. The van der Waals surface area contributed by atoms with E-state index in [0.29, 0.717) is 17.0 Å². The lowest BCUT2D eigenvalue weighted by molar-refractivity contribution is 0.620. The van der Waals surface area contributed by atoms with E-state index in [1.54, 1.807) is 13.0 Å². The van der Waals surface area contributed by atoms with Gasteiger partial charge in [0.05, 0.1) is 16.7 Å². The molecule has 5 heteroatoms. The van der Waals surface area contributed by atoms with Gasteiger partial charge in [-0.05, 0) is 55.7 Å². The minimum absolute atomic E-state index is 0.267. The largest absolute Gasteiger partial charge is 0.369 e. The van der Waals surface area contributed by atoms with Crippen molar-refractivity contribution in [1.82, 2.24) is 9.55 Å². The maximum atomic E-state index is 13.7. The summed E-state index contributed by atoms with van der Waals surface area (Å²) in [4.78, 5) is 4.29. The first-order valence-electron chi connectivity index (χ1n) is 6.59. The summed E-state index contributed by atoms with van der Waals surface area (Å²) in [5.41, 5.74) is 11.2. The van der Waals surface area contributed by atoms with E-state index in [1.807, 2.05) is 30.5 Å². The Hall–Kier alpha value is -1.88. The lowest BCUT2D eigenvalue weighted by atomic mass is 10.1. The number of halogens is 2. The molecule has 0 aliphatic carbocycles. The van der Waals surface area contributed by atoms with Crippen molar-refractivity contribution in [3.8, 4) is 5.69 Å². The van der Waals surface area contributed by atoms with Crippen LogP contribution in [-0.2, 0) is 0 Å². The van der Waals surface area contributed by atoms with Gasteiger partial charge in [-0.2, -0.15) is 0 Å². The quantitative estimate of drug-likeness (QED) is 0.707. The Morgan fingerprint density at radius 2 is 1.67 bits per heavy atom. The number of fused-ring (bicyclic) bond motifs is 1. The van der Waals surface area contributed by atoms with Crippen molar-refractivity contribution in [3.05, 3.63) is 51.2 Å². The zero-order valence-corrected chi connectivity index (χ0v) is 13.6. The molecule has 0 amide bonds. The summed E-state index contributed by atoms with van der Waals surface area (Å²) in [7, 11) is 0. The van der Waals surface area contributed by atoms with E-state index in [1.165, 1.54) is 6.07 Å². The van der Waals surface area contributed by atoms with E-state index in [9.17, 15) is 4.39 Å². The average molecular weight is 348 g/mol. The summed E-state index contributed by atoms with van der Waals surface area (Å²) in [5, 5.41) is 0. The molecule has 0 aliphatic rings. The van der Waals surface area contributed by atoms with Crippen molar-refractivity contribution in [3.63, 3.8) is 0 Å². The van der Waals surface area contributed by atoms with Crippen LogP contribution in [0.3, 0.4) is 0 Å². The number of hydrogen-bond acceptors (Lipinski definition) is 2. The van der Waals surface area contributed by atoms with Gasteiger partial charge in [-0.25, -0.2) is 9.37 Å². The van der Waals surface area contributed by atoms with Crippen LogP contribution in [0.4, 0.5) is 10.3 Å². The highest BCUT2D eigenvalue weighted by Gasteiger charge is 2.16. The fourth-order valence-corrected chi connectivity index (χ4v) is 3.40. The Morgan fingerprint density at radius 3 is 2.29 bits per heavy atom. The van der Waals surface area contributed by atoms with Gasteiger partial charge in [0.25, 0.3) is 0 Å². The minimum atomic E-state index is -0.267. The first-order valence-corrected chi connectivity index (χ1v) is 7.39. The summed E-state index contributed by atoms with van der Waals surface area (Å²) in [6.45, 7) is 5.78. The predicted molar refractivity (Wildman–Crippen MR) is 87.4 cm³/mol. The van der Waals surface area contributed by atoms with Crippen LogP contribution in [0.15, 0.2) is 28.7 Å². The molecule has 3 nitrogen and oxygen atoms in total. The van der Waals surface area contributed by atoms with Crippen molar-refractivity contribution in [2.24, 2.45) is 0 Å². The Balaban J connectivity index is 2.41. The fourth-order valence-electron chi connectivity index (χ4n) is 2.71. The molecular weight excluding hydrogens is 333 g/mol. The number of aromatic nitrogens is 2. The van der Waals surface area contributed by atoms with Crippen molar-refractivity contribution in [2.75, 3.05) is 5.73 Å². The first kappa shape index (κ1) is 14.1. The molecule has 0 bridgehead atoms. The Morgan fingerprint density at radius 1 is 1.05 bits per heavy atom. The first-order chi connectivity index (χ1) is 9.88. The van der Waals surface area contributed by atoms with E-state index in [0.717, 1.165) is 26.8 Å². The summed E-state index contributed by atoms with van der Waals surface area (Å²) in [5.74, 6) is 0.0972. The van der Waals surface area contributed by atoms with Crippen molar-refractivity contribution in [1.29, 1.82) is 0 Å². The number of hydrogen-bond donors (Lipinski definition) is 1. The summed E-state index contributed by atoms with van der Waals surface area (Å²) < 4.78 is 16.6. The molecule has 0 atom stereocenters. The second-order valence-corrected chi connectivity index (χ2v) is 6.20. The van der Waals surface area contributed by atoms with Crippen LogP contribution in [0.1, 0.15) is 16.7 Å². The van der Waals surface area contributed by atoms with Crippen molar-refractivity contribution < 1.29 is 4.39 Å². The lowest BCUT2D eigenvalue weighted by Gasteiger charge is -2.14. The fraction of sp³-hybridized carbons (Fsp3) is 0.188. The van der Waals surface area contributed by atoms with E-state index in [4.69, 9.17) is 5.73 Å². The number of rotatable bonds is 1. The summed E-state index contributed by atoms with van der Waals surface area (Å²) in [6.07, 6.45) is 0. The molecule has 2 N–H and O–H groups in total. The molecule has 0 fully saturated rings. The SMILES string of the molecule is Cc1cc2c(cc1F)nc(N)n2-c1c(C)cc(Br)cc1C. The topological polar surface area (TPSA) is 43.8 Å². The van der Waals surface area contributed by atoms with Gasteiger partial charge in [0.15, 0.2) is 0 Å². The second-order valence-electron chi connectivity index (χ2n) is 5.28. The van der Waals surface area contributed by atoms with E-state index in [2.05, 4.69) is 20.9 Å². The molecule has 1 heterocycles. The highest BCUT2D eigenvalue weighted by atomic mass is 79.9. The zero-order chi connectivity index (χ0) is 15.3. The zero-order valence-electron chi connectivity index (χ0n) is 12.0. The molecule has 0 radical (unpaired) electrons. The third-order valence-electron chi connectivity index (χ3n) is 3.64. The highest BCUT2D eigenvalue weighted by Crippen LogP contribution is 2.30.